The molecule has 1 aliphatic rings. The fraction of sp³-hybridized carbons (Fsp3) is 0.474. The number of halogens is 2. The Bertz CT molecular complexity index is 901. The van der Waals surface area contributed by atoms with Crippen molar-refractivity contribution in [2.24, 2.45) is 0 Å². The molecule has 29 heavy (non-hydrogen) atoms. The molecule has 10 heteroatoms. The number of aromatic nitrogens is 3. The van der Waals surface area contributed by atoms with Gasteiger partial charge in [-0.15, -0.1) is 17.5 Å². The zero-order chi connectivity index (χ0) is 20.5. The highest BCUT2D eigenvalue weighted by Crippen LogP contribution is 2.23. The largest absolute Gasteiger partial charge is 0.358 e. The van der Waals surface area contributed by atoms with Gasteiger partial charge in [-0.05, 0) is 44.9 Å². The zero-order valence-electron chi connectivity index (χ0n) is 16.8. The molecule has 2 atom stereocenters. The smallest absolute Gasteiger partial charge is 0.252 e. The molecule has 3 N–H and O–H groups in total. The number of hydrogen-bond donors (Lipinski definition) is 3. The van der Waals surface area contributed by atoms with E-state index in [4.69, 9.17) is 0 Å². The number of carbonyl (C=O) groups is 2. The number of aryl methyl sites for hydroxylation is 1. The van der Waals surface area contributed by atoms with Crippen molar-refractivity contribution in [1.82, 2.24) is 30.9 Å². The first-order valence-corrected chi connectivity index (χ1v) is 9.17. The van der Waals surface area contributed by atoms with Crippen molar-refractivity contribution in [2.45, 2.75) is 44.8 Å². The summed E-state index contributed by atoms with van der Waals surface area (Å²) in [5, 5.41) is 17.1. The summed E-state index contributed by atoms with van der Waals surface area (Å²) < 4.78 is 15.2. The van der Waals surface area contributed by atoms with Crippen molar-refractivity contribution in [3.63, 3.8) is 0 Å². The summed E-state index contributed by atoms with van der Waals surface area (Å²) in [6.07, 6.45) is 2.38. The summed E-state index contributed by atoms with van der Waals surface area (Å²) in [5.74, 6) is -0.890. The Kier molecular flexibility index (Phi) is 6.97. The summed E-state index contributed by atoms with van der Waals surface area (Å²) in [6.45, 7) is 5.99. The highest BCUT2D eigenvalue weighted by atomic mass is 35.5. The van der Waals surface area contributed by atoms with Gasteiger partial charge in [-0.2, -0.15) is 0 Å². The van der Waals surface area contributed by atoms with Gasteiger partial charge in [0.25, 0.3) is 5.91 Å². The van der Waals surface area contributed by atoms with Crippen LogP contribution in [0.4, 0.5) is 4.39 Å². The van der Waals surface area contributed by atoms with Crippen molar-refractivity contribution in [3.8, 4) is 0 Å². The topological polar surface area (TPSA) is 101 Å². The Morgan fingerprint density at radius 2 is 2.07 bits per heavy atom. The van der Waals surface area contributed by atoms with E-state index in [2.05, 4.69) is 26.3 Å². The lowest BCUT2D eigenvalue weighted by Gasteiger charge is -2.24. The maximum absolute atomic E-state index is 13.5. The van der Waals surface area contributed by atoms with Gasteiger partial charge in [-0.25, -0.2) is 9.07 Å². The minimum absolute atomic E-state index is 0. The number of nitrogens with zero attached hydrogens (tertiary/aromatic N) is 3. The molecule has 0 unspecified atom stereocenters. The summed E-state index contributed by atoms with van der Waals surface area (Å²) in [4.78, 5) is 24.4. The average Bonchev–Trinajstić information content (AvgIpc) is 3.32. The number of nitrogens with one attached hydrogen (secondary N) is 3. The van der Waals surface area contributed by atoms with Crippen LogP contribution in [0.2, 0.25) is 0 Å². The van der Waals surface area contributed by atoms with Crippen LogP contribution >= 0.6 is 12.4 Å². The van der Waals surface area contributed by atoms with Gasteiger partial charge in [0.15, 0.2) is 0 Å². The molecule has 1 fully saturated rings. The number of rotatable bonds is 5. The number of carbonyl (C=O) groups excluding carboxylic acids is 2. The van der Waals surface area contributed by atoms with Crippen molar-refractivity contribution in [1.29, 1.82) is 0 Å². The van der Waals surface area contributed by atoms with Gasteiger partial charge in [0, 0.05) is 19.2 Å². The Hall–Kier alpha value is -2.52. The van der Waals surface area contributed by atoms with E-state index in [0.717, 1.165) is 0 Å². The van der Waals surface area contributed by atoms with Gasteiger partial charge in [-0.3, -0.25) is 9.59 Å². The summed E-state index contributed by atoms with van der Waals surface area (Å²) in [5.41, 5.74) is 0.753. The summed E-state index contributed by atoms with van der Waals surface area (Å²) in [6, 6.07) is 3.86. The van der Waals surface area contributed by atoms with Crippen LogP contribution in [0.15, 0.2) is 24.4 Å². The van der Waals surface area contributed by atoms with E-state index in [1.165, 1.54) is 12.1 Å². The van der Waals surface area contributed by atoms with Crippen LogP contribution in [0.3, 0.4) is 0 Å². The van der Waals surface area contributed by atoms with E-state index in [1.54, 1.807) is 30.9 Å². The maximum atomic E-state index is 13.5. The predicted molar refractivity (Wildman–Crippen MR) is 108 cm³/mol. The number of amides is 2. The van der Waals surface area contributed by atoms with Gasteiger partial charge >= 0.3 is 0 Å². The van der Waals surface area contributed by atoms with Gasteiger partial charge in [0.05, 0.1) is 23.8 Å². The molecule has 158 valence electrons. The van der Waals surface area contributed by atoms with E-state index in [-0.39, 0.29) is 41.9 Å². The SMILES string of the molecule is CNC(=O)[C@@H]1C[C@@H](n2cc(C(C)(C)NC(=O)c3cc(F)ccc3C)nn2)CN1.Cl. The molecule has 2 amide bonds. The molecule has 8 nitrogen and oxygen atoms in total. The molecule has 3 rings (SSSR count). The Morgan fingerprint density at radius 1 is 1.34 bits per heavy atom. The Labute approximate surface area is 175 Å². The number of benzene rings is 1. The van der Waals surface area contributed by atoms with Crippen molar-refractivity contribution >= 4 is 24.2 Å². The molecule has 1 aliphatic heterocycles. The lowest BCUT2D eigenvalue weighted by Crippen LogP contribution is -2.41. The second kappa shape index (κ2) is 8.87. The van der Waals surface area contributed by atoms with Gasteiger partial charge in [0.2, 0.25) is 5.91 Å². The molecular weight excluding hydrogens is 399 g/mol. The number of likely N-dealkylation sites (N-methyl/N-ethyl adjacent to an activating group) is 1. The highest BCUT2D eigenvalue weighted by Gasteiger charge is 2.33. The molecule has 0 saturated carbocycles. The van der Waals surface area contributed by atoms with Crippen LogP contribution in [0, 0.1) is 12.7 Å². The number of hydrogen-bond acceptors (Lipinski definition) is 5. The molecule has 2 aromatic rings. The minimum atomic E-state index is -0.805. The van der Waals surface area contributed by atoms with Crippen molar-refractivity contribution < 1.29 is 14.0 Å². The summed E-state index contributed by atoms with van der Waals surface area (Å²) >= 11 is 0. The minimum Gasteiger partial charge on any atom is -0.358 e. The first kappa shape index (κ1) is 22.8. The van der Waals surface area contributed by atoms with E-state index in [9.17, 15) is 14.0 Å². The maximum Gasteiger partial charge on any atom is 0.252 e. The fourth-order valence-corrected chi connectivity index (χ4v) is 3.29. The summed E-state index contributed by atoms with van der Waals surface area (Å²) in [7, 11) is 1.61. The van der Waals surface area contributed by atoms with Gasteiger partial charge in [0.1, 0.15) is 11.5 Å². The van der Waals surface area contributed by atoms with Crippen molar-refractivity contribution in [2.75, 3.05) is 13.6 Å². The normalized spacial score (nSPS) is 18.8. The fourth-order valence-electron chi connectivity index (χ4n) is 3.29. The van der Waals surface area contributed by atoms with Crippen LogP contribution in [0.25, 0.3) is 0 Å². The second-order valence-corrected chi connectivity index (χ2v) is 7.59. The van der Waals surface area contributed by atoms with Gasteiger partial charge in [-0.1, -0.05) is 11.3 Å². The van der Waals surface area contributed by atoms with Gasteiger partial charge < -0.3 is 16.0 Å². The quantitative estimate of drug-likeness (QED) is 0.674. The first-order chi connectivity index (χ1) is 13.2. The molecule has 0 spiro atoms. The first-order valence-electron chi connectivity index (χ1n) is 9.17. The molecule has 0 radical (unpaired) electrons. The highest BCUT2D eigenvalue weighted by molar-refractivity contribution is 5.96. The molecule has 1 saturated heterocycles. The monoisotopic (exact) mass is 424 g/mol. The zero-order valence-corrected chi connectivity index (χ0v) is 17.6. The van der Waals surface area contributed by atoms with Crippen LogP contribution in [0.1, 0.15) is 47.9 Å². The molecular formula is C19H26ClFN6O2. The molecule has 1 aromatic heterocycles. The van der Waals surface area contributed by atoms with Crippen LogP contribution < -0.4 is 16.0 Å². The molecule has 0 aliphatic carbocycles. The third-order valence-electron chi connectivity index (χ3n) is 5.07. The van der Waals surface area contributed by atoms with E-state index in [1.807, 2.05) is 13.8 Å². The van der Waals surface area contributed by atoms with Crippen LogP contribution in [0.5, 0.6) is 0 Å². The van der Waals surface area contributed by atoms with Crippen molar-refractivity contribution in [3.05, 3.63) is 47.0 Å². The Morgan fingerprint density at radius 3 is 2.76 bits per heavy atom. The molecule has 0 bridgehead atoms. The Balaban J connectivity index is 0.00000300. The van der Waals surface area contributed by atoms with E-state index in [0.29, 0.717) is 24.2 Å². The average molecular weight is 425 g/mol. The third kappa shape index (κ3) is 4.91. The standard InChI is InChI=1S/C19H25FN6O2.ClH/c1-11-5-6-12(20)7-14(11)17(27)23-19(2,3)16-10-26(25-24-16)13-8-15(22-9-13)18(28)21-4;/h5-7,10,13,15,22H,8-9H2,1-4H3,(H,21,28)(H,23,27);1H/t13-,15+;/m1./s1. The lowest BCUT2D eigenvalue weighted by molar-refractivity contribution is -0.122. The van der Waals surface area contributed by atoms with E-state index < -0.39 is 11.4 Å². The lowest BCUT2D eigenvalue weighted by atomic mass is 9.99. The third-order valence-corrected chi connectivity index (χ3v) is 5.07. The van der Waals surface area contributed by atoms with Crippen LogP contribution in [-0.2, 0) is 10.3 Å². The predicted octanol–water partition coefficient (Wildman–Crippen LogP) is 1.46. The van der Waals surface area contributed by atoms with E-state index >= 15 is 0 Å². The second-order valence-electron chi connectivity index (χ2n) is 7.59. The van der Waals surface area contributed by atoms with Crippen LogP contribution in [-0.4, -0.2) is 46.4 Å². The molecule has 2 heterocycles. The molecule has 1 aromatic carbocycles.